The van der Waals surface area contributed by atoms with Crippen LogP contribution in [0.4, 0.5) is 9.80 Å². The summed E-state index contributed by atoms with van der Waals surface area (Å²) in [6, 6.07) is 2.16. The van der Waals surface area contributed by atoms with Crippen LogP contribution in [0.25, 0.3) is 0 Å². The summed E-state index contributed by atoms with van der Waals surface area (Å²) in [7, 11) is 0. The van der Waals surface area contributed by atoms with Crippen molar-refractivity contribution in [2.45, 2.75) is 50.7 Å². The van der Waals surface area contributed by atoms with Gasteiger partial charge in [-0.05, 0) is 56.3 Å². The molecule has 154 valence electrons. The summed E-state index contributed by atoms with van der Waals surface area (Å²) >= 11 is 1.32. The van der Waals surface area contributed by atoms with Crippen molar-refractivity contribution in [3.63, 3.8) is 0 Å². The minimum Gasteiger partial charge on any atom is -0.446 e. The van der Waals surface area contributed by atoms with E-state index in [0.29, 0.717) is 24.0 Å². The number of nitrogens with one attached hydrogen (secondary N) is 1. The standard InChI is InChI=1S/C20H25N5O3S/c21-8-15-23-9-16(29-15)24-14-1-2-25(10-14)19(27)28-17-12-3-11-4-13(17)7-20(5-11,6-12)18(22)26/h9,11-14,17,24H,1-7,10H2,(H2,22,26)/t11?,12?,13?,14-,17-,20-/m1/s1. The number of nitrogens with two attached hydrogens (primary N) is 1. The molecule has 0 aromatic carbocycles. The fourth-order valence-corrected chi connectivity index (χ4v) is 6.99. The lowest BCUT2D eigenvalue weighted by molar-refractivity contribution is -0.161. The average Bonchev–Trinajstić information content (AvgIpc) is 3.33. The first kappa shape index (κ1) is 18.7. The zero-order chi connectivity index (χ0) is 20.2. The number of likely N-dealkylation sites (tertiary alicyclic amines) is 1. The number of thiazole rings is 1. The first-order valence-electron chi connectivity index (χ1n) is 10.3. The van der Waals surface area contributed by atoms with Gasteiger partial charge in [-0.1, -0.05) is 11.3 Å². The summed E-state index contributed by atoms with van der Waals surface area (Å²) in [6.45, 7) is 1.23. The van der Waals surface area contributed by atoms with E-state index in [9.17, 15) is 9.59 Å². The molecular formula is C20H25N5O3S. The quantitative estimate of drug-likeness (QED) is 0.778. The maximum atomic E-state index is 12.8. The highest BCUT2D eigenvalue weighted by atomic mass is 32.1. The number of aromatic nitrogens is 1. The maximum Gasteiger partial charge on any atom is 0.410 e. The SMILES string of the molecule is N#Cc1ncc(N[C@@H]2CCN(C(=O)O[C@H]3C4CC5CC3C[C@](C(N)=O)(C5)C4)C2)s1. The molecule has 6 rings (SSSR count). The molecule has 0 radical (unpaired) electrons. The van der Waals surface area contributed by atoms with Crippen molar-refractivity contribution in [3.8, 4) is 6.07 Å². The number of nitrogens with zero attached hydrogens (tertiary/aromatic N) is 3. The molecule has 3 N–H and O–H groups in total. The molecule has 5 aliphatic rings. The van der Waals surface area contributed by atoms with E-state index >= 15 is 0 Å². The highest BCUT2D eigenvalue weighted by molar-refractivity contribution is 7.16. The van der Waals surface area contributed by atoms with Gasteiger partial charge in [-0.15, -0.1) is 0 Å². The number of anilines is 1. The van der Waals surface area contributed by atoms with Gasteiger partial charge >= 0.3 is 6.09 Å². The van der Waals surface area contributed by atoms with E-state index < -0.39 is 0 Å². The van der Waals surface area contributed by atoms with Crippen LogP contribution in [0.2, 0.25) is 0 Å². The number of ether oxygens (including phenoxy) is 1. The van der Waals surface area contributed by atoms with Gasteiger partial charge in [-0.3, -0.25) is 4.79 Å². The number of primary amides is 1. The molecule has 0 spiro atoms. The Bertz CT molecular complexity index is 864. The van der Waals surface area contributed by atoms with Crippen molar-refractivity contribution in [2.24, 2.45) is 28.9 Å². The molecule has 2 unspecified atom stereocenters. The zero-order valence-electron chi connectivity index (χ0n) is 16.2. The first-order valence-corrected chi connectivity index (χ1v) is 11.2. The minimum absolute atomic E-state index is 0.0850. The summed E-state index contributed by atoms with van der Waals surface area (Å²) in [5, 5.41) is 13.5. The molecule has 4 bridgehead atoms. The number of hydrogen-bond donors (Lipinski definition) is 2. The van der Waals surface area contributed by atoms with Crippen molar-refractivity contribution >= 4 is 28.3 Å². The van der Waals surface area contributed by atoms with Crippen molar-refractivity contribution < 1.29 is 14.3 Å². The molecule has 5 fully saturated rings. The van der Waals surface area contributed by atoms with Crippen molar-refractivity contribution in [1.82, 2.24) is 9.88 Å². The Balaban J connectivity index is 1.19. The molecule has 1 saturated heterocycles. The maximum absolute atomic E-state index is 12.8. The summed E-state index contributed by atoms with van der Waals surface area (Å²) in [6.07, 6.45) is 6.70. The second kappa shape index (κ2) is 6.87. The average molecular weight is 416 g/mol. The lowest BCUT2D eigenvalue weighted by atomic mass is 9.48. The largest absolute Gasteiger partial charge is 0.446 e. The fourth-order valence-electron chi connectivity index (χ4n) is 6.30. The summed E-state index contributed by atoms with van der Waals surface area (Å²) < 4.78 is 6.01. The van der Waals surface area contributed by atoms with Crippen LogP contribution in [-0.2, 0) is 9.53 Å². The van der Waals surface area contributed by atoms with Gasteiger partial charge in [-0.2, -0.15) is 5.26 Å². The molecule has 4 aliphatic carbocycles. The van der Waals surface area contributed by atoms with Crippen molar-refractivity contribution in [2.75, 3.05) is 18.4 Å². The molecule has 2 amide bonds. The topological polar surface area (TPSA) is 121 Å². The molecule has 4 saturated carbocycles. The van der Waals surface area contributed by atoms with E-state index in [-0.39, 0.29) is 41.4 Å². The number of hydrogen-bond acceptors (Lipinski definition) is 7. The molecular weight excluding hydrogens is 390 g/mol. The second-order valence-corrected chi connectivity index (χ2v) is 10.2. The summed E-state index contributed by atoms with van der Waals surface area (Å²) in [5.41, 5.74) is 5.38. The molecule has 29 heavy (non-hydrogen) atoms. The van der Waals surface area contributed by atoms with E-state index in [2.05, 4.69) is 10.3 Å². The predicted octanol–water partition coefficient (Wildman–Crippen LogP) is 2.32. The molecule has 3 atom stereocenters. The normalized spacial score (nSPS) is 37.3. The highest BCUT2D eigenvalue weighted by Crippen LogP contribution is 2.60. The number of carbonyl (C=O) groups excluding carboxylic acids is 2. The van der Waals surface area contributed by atoms with Crippen LogP contribution in [0, 0.1) is 34.5 Å². The van der Waals surface area contributed by atoms with Crippen LogP contribution >= 0.6 is 11.3 Å². The number of nitriles is 1. The van der Waals surface area contributed by atoms with Gasteiger partial charge in [0, 0.05) is 19.1 Å². The number of rotatable bonds is 4. The van der Waals surface area contributed by atoms with Gasteiger partial charge in [0.2, 0.25) is 5.91 Å². The van der Waals surface area contributed by atoms with Gasteiger partial charge in [0.05, 0.1) is 11.6 Å². The van der Waals surface area contributed by atoms with Crippen LogP contribution in [0.1, 0.15) is 43.5 Å². The van der Waals surface area contributed by atoms with Gasteiger partial charge in [0.25, 0.3) is 0 Å². The van der Waals surface area contributed by atoms with Gasteiger partial charge in [0.1, 0.15) is 17.2 Å². The van der Waals surface area contributed by atoms with Gasteiger partial charge in [-0.25, -0.2) is 9.78 Å². The third-order valence-electron chi connectivity index (χ3n) is 7.34. The Morgan fingerprint density at radius 2 is 2.10 bits per heavy atom. The lowest BCUT2D eigenvalue weighted by Gasteiger charge is -2.58. The third-order valence-corrected chi connectivity index (χ3v) is 8.17. The predicted molar refractivity (Wildman–Crippen MR) is 106 cm³/mol. The van der Waals surface area contributed by atoms with Crippen LogP contribution in [-0.4, -0.2) is 47.1 Å². The molecule has 8 nitrogen and oxygen atoms in total. The molecule has 1 aromatic heterocycles. The van der Waals surface area contributed by atoms with Crippen LogP contribution in [0.3, 0.4) is 0 Å². The Hall–Kier alpha value is -2.34. The second-order valence-electron chi connectivity index (χ2n) is 9.18. The summed E-state index contributed by atoms with van der Waals surface area (Å²) in [5.74, 6) is 0.900. The van der Waals surface area contributed by atoms with E-state index in [1.807, 2.05) is 6.07 Å². The Labute approximate surface area is 173 Å². The first-order chi connectivity index (χ1) is 14.0. The fraction of sp³-hybridized carbons (Fsp3) is 0.700. The Kier molecular flexibility index (Phi) is 4.42. The number of carbonyl (C=O) groups is 2. The summed E-state index contributed by atoms with van der Waals surface area (Å²) in [4.78, 5) is 30.7. The highest BCUT2D eigenvalue weighted by Gasteiger charge is 2.59. The van der Waals surface area contributed by atoms with E-state index in [0.717, 1.165) is 43.5 Å². The van der Waals surface area contributed by atoms with Crippen molar-refractivity contribution in [3.05, 3.63) is 11.2 Å². The van der Waals surface area contributed by atoms with Gasteiger partial charge < -0.3 is 20.7 Å². The third kappa shape index (κ3) is 3.23. The molecule has 1 aromatic rings. The zero-order valence-corrected chi connectivity index (χ0v) is 17.0. The van der Waals surface area contributed by atoms with Crippen LogP contribution < -0.4 is 11.1 Å². The van der Waals surface area contributed by atoms with Crippen molar-refractivity contribution in [1.29, 1.82) is 5.26 Å². The van der Waals surface area contributed by atoms with E-state index in [4.69, 9.17) is 15.7 Å². The minimum atomic E-state index is -0.362. The monoisotopic (exact) mass is 415 g/mol. The smallest absolute Gasteiger partial charge is 0.410 e. The lowest BCUT2D eigenvalue weighted by Crippen LogP contribution is -2.59. The Morgan fingerprint density at radius 3 is 2.76 bits per heavy atom. The number of amides is 2. The van der Waals surface area contributed by atoms with E-state index in [1.165, 1.54) is 11.3 Å². The van der Waals surface area contributed by atoms with E-state index in [1.54, 1.807) is 11.1 Å². The van der Waals surface area contributed by atoms with Gasteiger partial charge in [0.15, 0.2) is 5.01 Å². The van der Waals surface area contributed by atoms with Crippen LogP contribution in [0.15, 0.2) is 6.20 Å². The molecule has 1 aliphatic heterocycles. The van der Waals surface area contributed by atoms with Crippen LogP contribution in [0.5, 0.6) is 0 Å². The molecule has 9 heteroatoms. The molecule has 2 heterocycles. The Morgan fingerprint density at radius 1 is 1.34 bits per heavy atom.